The van der Waals surface area contributed by atoms with Gasteiger partial charge in [0.2, 0.25) is 0 Å². The molecule has 0 unspecified atom stereocenters. The van der Waals surface area contributed by atoms with Crippen molar-refractivity contribution in [2.75, 3.05) is 26.2 Å². The van der Waals surface area contributed by atoms with Crippen LogP contribution in [0.4, 0.5) is 0 Å². The summed E-state index contributed by atoms with van der Waals surface area (Å²) in [7, 11) is 0. The fraction of sp³-hybridized carbons (Fsp3) is 0.421. The number of carbonyl (C=O) groups is 1. The Morgan fingerprint density at radius 2 is 2.11 bits per heavy atom. The zero-order chi connectivity index (χ0) is 18.8. The molecule has 3 aromatic heterocycles. The molecular weight excluding hydrogens is 344 g/mol. The SMILES string of the molecule is CCn1cc(CN2CCN(C(=O)c3cc(-c4ccco4)[nH]n3)CC2)c(C)n1. The molecular formula is C19H24N6O2. The van der Waals surface area contributed by atoms with Gasteiger partial charge in [0.15, 0.2) is 11.5 Å². The highest BCUT2D eigenvalue weighted by atomic mass is 16.3. The van der Waals surface area contributed by atoms with Gasteiger partial charge >= 0.3 is 0 Å². The maximum Gasteiger partial charge on any atom is 0.274 e. The van der Waals surface area contributed by atoms with E-state index in [0.717, 1.165) is 31.9 Å². The van der Waals surface area contributed by atoms with Gasteiger partial charge < -0.3 is 9.32 Å². The molecule has 0 spiro atoms. The summed E-state index contributed by atoms with van der Waals surface area (Å²) in [6.07, 6.45) is 3.72. The average molecular weight is 368 g/mol. The molecule has 27 heavy (non-hydrogen) atoms. The van der Waals surface area contributed by atoms with Crippen molar-refractivity contribution in [3.8, 4) is 11.5 Å². The zero-order valence-electron chi connectivity index (χ0n) is 15.7. The first-order valence-electron chi connectivity index (χ1n) is 9.28. The second kappa shape index (κ2) is 7.40. The van der Waals surface area contributed by atoms with E-state index in [1.807, 2.05) is 21.7 Å². The van der Waals surface area contributed by atoms with Crippen LogP contribution >= 0.6 is 0 Å². The molecule has 0 saturated carbocycles. The summed E-state index contributed by atoms with van der Waals surface area (Å²) in [5.74, 6) is 0.632. The molecule has 1 amide bonds. The minimum atomic E-state index is -0.0429. The molecule has 1 N–H and O–H groups in total. The van der Waals surface area contributed by atoms with E-state index in [4.69, 9.17) is 4.42 Å². The molecule has 4 heterocycles. The van der Waals surface area contributed by atoms with Crippen molar-refractivity contribution in [1.82, 2.24) is 29.8 Å². The molecule has 0 radical (unpaired) electrons. The van der Waals surface area contributed by atoms with Crippen LogP contribution in [-0.4, -0.2) is 61.9 Å². The second-order valence-corrected chi connectivity index (χ2v) is 6.81. The highest BCUT2D eigenvalue weighted by Crippen LogP contribution is 2.19. The molecule has 8 nitrogen and oxygen atoms in total. The highest BCUT2D eigenvalue weighted by molar-refractivity contribution is 5.93. The predicted octanol–water partition coefficient (Wildman–Crippen LogP) is 2.15. The summed E-state index contributed by atoms with van der Waals surface area (Å²) < 4.78 is 7.31. The van der Waals surface area contributed by atoms with Crippen LogP contribution in [-0.2, 0) is 13.1 Å². The van der Waals surface area contributed by atoms with E-state index in [-0.39, 0.29) is 5.91 Å². The van der Waals surface area contributed by atoms with Crippen molar-refractivity contribution < 1.29 is 9.21 Å². The van der Waals surface area contributed by atoms with Crippen LogP contribution in [0.25, 0.3) is 11.5 Å². The quantitative estimate of drug-likeness (QED) is 0.746. The van der Waals surface area contributed by atoms with Gasteiger partial charge in [-0.25, -0.2) is 0 Å². The molecule has 0 aliphatic carbocycles. The lowest BCUT2D eigenvalue weighted by Gasteiger charge is -2.34. The predicted molar refractivity (Wildman–Crippen MR) is 100 cm³/mol. The molecule has 1 fully saturated rings. The zero-order valence-corrected chi connectivity index (χ0v) is 15.7. The fourth-order valence-electron chi connectivity index (χ4n) is 3.38. The van der Waals surface area contributed by atoms with Crippen LogP contribution in [0.2, 0.25) is 0 Å². The molecule has 1 aliphatic rings. The Bertz CT molecular complexity index is 903. The number of amides is 1. The molecule has 8 heteroatoms. The molecule has 0 aromatic carbocycles. The summed E-state index contributed by atoms with van der Waals surface area (Å²) in [5, 5.41) is 11.5. The van der Waals surface area contributed by atoms with Crippen LogP contribution in [0.1, 0.15) is 28.7 Å². The Morgan fingerprint density at radius 3 is 2.78 bits per heavy atom. The van der Waals surface area contributed by atoms with Gasteiger partial charge in [0.05, 0.1) is 12.0 Å². The molecule has 3 aromatic rings. The van der Waals surface area contributed by atoms with Gasteiger partial charge in [0.1, 0.15) is 5.69 Å². The van der Waals surface area contributed by atoms with E-state index in [0.29, 0.717) is 30.2 Å². The summed E-state index contributed by atoms with van der Waals surface area (Å²) in [6.45, 7) is 8.98. The van der Waals surface area contributed by atoms with Gasteiger partial charge in [-0.1, -0.05) is 0 Å². The number of H-pyrrole nitrogens is 1. The van der Waals surface area contributed by atoms with E-state index in [9.17, 15) is 4.79 Å². The van der Waals surface area contributed by atoms with Gasteiger partial charge in [0, 0.05) is 57.1 Å². The molecule has 1 aliphatic heterocycles. The second-order valence-electron chi connectivity index (χ2n) is 6.81. The molecule has 142 valence electrons. The number of aromatic amines is 1. The summed E-state index contributed by atoms with van der Waals surface area (Å²) in [6, 6.07) is 5.39. The van der Waals surface area contributed by atoms with Gasteiger partial charge in [0.25, 0.3) is 5.91 Å². The average Bonchev–Trinajstić information content (AvgIpc) is 3.43. The maximum absolute atomic E-state index is 12.7. The lowest BCUT2D eigenvalue weighted by molar-refractivity contribution is 0.0622. The van der Waals surface area contributed by atoms with Crippen LogP contribution in [0.15, 0.2) is 35.1 Å². The first-order chi connectivity index (χ1) is 13.1. The Labute approximate surface area is 157 Å². The minimum Gasteiger partial charge on any atom is -0.463 e. The van der Waals surface area contributed by atoms with Gasteiger partial charge in [-0.2, -0.15) is 10.2 Å². The highest BCUT2D eigenvalue weighted by Gasteiger charge is 2.24. The Morgan fingerprint density at radius 1 is 1.30 bits per heavy atom. The van der Waals surface area contributed by atoms with E-state index in [1.165, 1.54) is 5.56 Å². The molecule has 1 saturated heterocycles. The third kappa shape index (κ3) is 3.66. The smallest absolute Gasteiger partial charge is 0.274 e. The van der Waals surface area contributed by atoms with E-state index >= 15 is 0 Å². The summed E-state index contributed by atoms with van der Waals surface area (Å²) >= 11 is 0. The lowest BCUT2D eigenvalue weighted by Crippen LogP contribution is -2.48. The van der Waals surface area contributed by atoms with Crippen molar-refractivity contribution >= 4 is 5.91 Å². The Hall–Kier alpha value is -2.87. The maximum atomic E-state index is 12.7. The number of nitrogens with one attached hydrogen (secondary N) is 1. The van der Waals surface area contributed by atoms with Crippen molar-refractivity contribution in [2.24, 2.45) is 0 Å². The van der Waals surface area contributed by atoms with Crippen LogP contribution in [0, 0.1) is 6.92 Å². The number of rotatable bonds is 5. The largest absolute Gasteiger partial charge is 0.463 e. The number of aromatic nitrogens is 4. The number of hydrogen-bond donors (Lipinski definition) is 1. The fourth-order valence-corrected chi connectivity index (χ4v) is 3.38. The Balaban J connectivity index is 1.34. The van der Waals surface area contributed by atoms with Crippen LogP contribution in [0.5, 0.6) is 0 Å². The number of carbonyl (C=O) groups excluding carboxylic acids is 1. The van der Waals surface area contributed by atoms with Crippen molar-refractivity contribution in [1.29, 1.82) is 0 Å². The summed E-state index contributed by atoms with van der Waals surface area (Å²) in [4.78, 5) is 17.0. The number of nitrogens with zero attached hydrogens (tertiary/aromatic N) is 5. The normalized spacial score (nSPS) is 15.4. The van der Waals surface area contributed by atoms with Crippen molar-refractivity contribution in [3.63, 3.8) is 0 Å². The van der Waals surface area contributed by atoms with E-state index < -0.39 is 0 Å². The molecule has 4 rings (SSSR count). The number of furan rings is 1. The van der Waals surface area contributed by atoms with Gasteiger partial charge in [-0.15, -0.1) is 0 Å². The lowest BCUT2D eigenvalue weighted by atomic mass is 10.2. The molecule has 0 atom stereocenters. The van der Waals surface area contributed by atoms with Gasteiger partial charge in [-0.05, 0) is 26.0 Å². The third-order valence-corrected chi connectivity index (χ3v) is 5.01. The van der Waals surface area contributed by atoms with E-state index in [2.05, 4.69) is 40.2 Å². The summed E-state index contributed by atoms with van der Waals surface area (Å²) in [5.41, 5.74) is 3.48. The van der Waals surface area contributed by atoms with Gasteiger partial charge in [-0.3, -0.25) is 19.5 Å². The minimum absolute atomic E-state index is 0.0429. The van der Waals surface area contributed by atoms with Crippen LogP contribution in [0.3, 0.4) is 0 Å². The standard InChI is InChI=1S/C19H24N6O2/c1-3-25-13-15(14(2)22-25)12-23-6-8-24(9-7-23)19(26)17-11-16(20-21-17)18-5-4-10-27-18/h4-5,10-11,13H,3,6-9,12H2,1-2H3,(H,20,21). The number of hydrogen-bond acceptors (Lipinski definition) is 5. The Kier molecular flexibility index (Phi) is 4.81. The van der Waals surface area contributed by atoms with Crippen molar-refractivity contribution in [2.45, 2.75) is 26.9 Å². The first-order valence-corrected chi connectivity index (χ1v) is 9.28. The monoisotopic (exact) mass is 368 g/mol. The number of aryl methyl sites for hydroxylation is 2. The van der Waals surface area contributed by atoms with E-state index in [1.54, 1.807) is 12.3 Å². The van der Waals surface area contributed by atoms with Crippen molar-refractivity contribution in [3.05, 3.63) is 47.6 Å². The topological polar surface area (TPSA) is 83.2 Å². The van der Waals surface area contributed by atoms with Crippen LogP contribution < -0.4 is 0 Å². The third-order valence-electron chi connectivity index (χ3n) is 5.01. The molecule has 0 bridgehead atoms. The number of piperazine rings is 1. The first kappa shape index (κ1) is 17.5.